The molecule has 2 aliphatic heterocycles. The number of ether oxygens (including phenoxy) is 3. The molecule has 0 atom stereocenters. The smallest absolute Gasteiger partial charge is 0.259 e. The molecule has 7 nitrogen and oxygen atoms in total. The number of rotatable bonds is 3. The Balaban J connectivity index is 1.60. The molecular formula is C24H31N3O4. The number of hydrogen-bond donors (Lipinski definition) is 0. The maximum absolute atomic E-state index is 13.3. The van der Waals surface area contributed by atoms with Crippen molar-refractivity contribution in [3.05, 3.63) is 48.2 Å². The number of aromatic nitrogens is 1. The van der Waals surface area contributed by atoms with E-state index in [4.69, 9.17) is 14.2 Å². The largest absolute Gasteiger partial charge is 0.488 e. The molecule has 3 heterocycles. The molecule has 7 heteroatoms. The van der Waals surface area contributed by atoms with Crippen LogP contribution >= 0.6 is 0 Å². The predicted molar refractivity (Wildman–Crippen MR) is 118 cm³/mol. The van der Waals surface area contributed by atoms with Gasteiger partial charge in [0.2, 0.25) is 5.88 Å². The second-order valence-corrected chi connectivity index (χ2v) is 7.99. The fraction of sp³-hybridized carbons (Fsp3) is 0.500. The minimum atomic E-state index is -0.0609. The Labute approximate surface area is 183 Å². The van der Waals surface area contributed by atoms with E-state index in [-0.39, 0.29) is 5.91 Å². The van der Waals surface area contributed by atoms with Crippen molar-refractivity contribution in [1.29, 1.82) is 0 Å². The van der Waals surface area contributed by atoms with Crippen molar-refractivity contribution in [1.82, 2.24) is 14.8 Å². The average Bonchev–Trinajstić information content (AvgIpc) is 2.81. The molecule has 0 spiro atoms. The summed E-state index contributed by atoms with van der Waals surface area (Å²) < 4.78 is 17.7. The lowest BCUT2D eigenvalue weighted by atomic mass is 10.00. The van der Waals surface area contributed by atoms with Gasteiger partial charge in [0.05, 0.1) is 0 Å². The second kappa shape index (κ2) is 10.6. The summed E-state index contributed by atoms with van der Waals surface area (Å²) in [4.78, 5) is 21.9. The number of fused-ring (bicyclic) bond motifs is 2. The molecule has 1 aromatic carbocycles. The lowest BCUT2D eigenvalue weighted by molar-refractivity contribution is 0.0480. The summed E-state index contributed by atoms with van der Waals surface area (Å²) in [5.41, 5.74) is 0.467. The van der Waals surface area contributed by atoms with Crippen molar-refractivity contribution in [3.63, 3.8) is 0 Å². The topological polar surface area (TPSA) is 64.1 Å². The van der Waals surface area contributed by atoms with Gasteiger partial charge in [0.15, 0.2) is 11.5 Å². The van der Waals surface area contributed by atoms with Gasteiger partial charge in [0.25, 0.3) is 5.91 Å². The van der Waals surface area contributed by atoms with Crippen molar-refractivity contribution in [2.75, 3.05) is 52.5 Å². The Bertz CT molecular complexity index is 869. The molecule has 0 N–H and O–H groups in total. The van der Waals surface area contributed by atoms with Crippen molar-refractivity contribution >= 4 is 5.91 Å². The van der Waals surface area contributed by atoms with E-state index in [9.17, 15) is 4.79 Å². The molecule has 1 amide bonds. The molecule has 4 rings (SSSR count). The number of amides is 1. The highest BCUT2D eigenvalue weighted by atomic mass is 16.5. The monoisotopic (exact) mass is 425 g/mol. The Morgan fingerprint density at radius 3 is 2.61 bits per heavy atom. The molecule has 0 unspecified atom stereocenters. The van der Waals surface area contributed by atoms with Crippen LogP contribution in [0, 0.1) is 5.92 Å². The summed E-state index contributed by atoms with van der Waals surface area (Å²) in [5.74, 6) is 2.09. The molecular weight excluding hydrogens is 394 g/mol. The van der Waals surface area contributed by atoms with E-state index in [0.29, 0.717) is 48.6 Å². The fourth-order valence-electron chi connectivity index (χ4n) is 4.10. The van der Waals surface area contributed by atoms with Crippen molar-refractivity contribution in [2.45, 2.75) is 19.8 Å². The van der Waals surface area contributed by atoms with E-state index < -0.39 is 0 Å². The second-order valence-electron chi connectivity index (χ2n) is 7.99. The lowest BCUT2D eigenvalue weighted by Crippen LogP contribution is -2.42. The molecule has 31 heavy (non-hydrogen) atoms. The first-order chi connectivity index (χ1) is 15.2. The minimum absolute atomic E-state index is 0.0609. The van der Waals surface area contributed by atoms with Crippen molar-refractivity contribution in [2.24, 2.45) is 5.92 Å². The van der Waals surface area contributed by atoms with Gasteiger partial charge in [-0.2, -0.15) is 0 Å². The normalized spacial score (nSPS) is 19.1. The van der Waals surface area contributed by atoms with Crippen molar-refractivity contribution < 1.29 is 19.0 Å². The van der Waals surface area contributed by atoms with Gasteiger partial charge in [-0.3, -0.25) is 9.69 Å². The third kappa shape index (κ3) is 5.54. The first-order valence-corrected chi connectivity index (χ1v) is 11.2. The first kappa shape index (κ1) is 21.6. The van der Waals surface area contributed by atoms with E-state index >= 15 is 0 Å². The Kier molecular flexibility index (Phi) is 7.38. The van der Waals surface area contributed by atoms with Gasteiger partial charge < -0.3 is 19.1 Å². The first-order valence-electron chi connectivity index (χ1n) is 11.2. The molecule has 2 aliphatic rings. The van der Waals surface area contributed by atoms with Gasteiger partial charge >= 0.3 is 0 Å². The highest BCUT2D eigenvalue weighted by Gasteiger charge is 2.23. The molecule has 1 saturated heterocycles. The summed E-state index contributed by atoms with van der Waals surface area (Å²) in [6.45, 7) is 8.11. The number of carbonyl (C=O) groups excluding carboxylic acids is 1. The van der Waals surface area contributed by atoms with Gasteiger partial charge in [-0.25, -0.2) is 4.98 Å². The molecule has 1 aromatic heterocycles. The van der Waals surface area contributed by atoms with E-state index in [2.05, 4.69) is 9.88 Å². The molecule has 166 valence electrons. The standard InChI is InChI=1S/C24H31N3O4/c1-2-27-13-12-26(18-19-9-15-29-16-10-19)14-17-30-21-7-3-4-8-22(21)31-23-20(24(27)28)6-5-11-25-23/h3-8,11,19H,2,9-10,12-18H2,1H3. The fourth-order valence-corrected chi connectivity index (χ4v) is 4.10. The molecule has 0 bridgehead atoms. The Morgan fingerprint density at radius 2 is 1.81 bits per heavy atom. The third-order valence-electron chi connectivity index (χ3n) is 5.93. The zero-order valence-corrected chi connectivity index (χ0v) is 18.2. The maximum Gasteiger partial charge on any atom is 0.259 e. The van der Waals surface area contributed by atoms with Crippen LogP contribution in [0.5, 0.6) is 17.4 Å². The number of pyridine rings is 1. The maximum atomic E-state index is 13.3. The van der Waals surface area contributed by atoms with E-state index in [1.807, 2.05) is 36.1 Å². The number of nitrogens with zero attached hydrogens (tertiary/aromatic N) is 3. The molecule has 0 radical (unpaired) electrons. The molecule has 1 fully saturated rings. The number of likely N-dealkylation sites (N-methyl/N-ethyl adjacent to an activating group) is 1. The van der Waals surface area contributed by atoms with E-state index in [0.717, 1.165) is 45.7 Å². The van der Waals surface area contributed by atoms with Crippen LogP contribution < -0.4 is 9.47 Å². The van der Waals surface area contributed by atoms with Crippen LogP contribution in [0.3, 0.4) is 0 Å². The molecule has 0 aliphatic carbocycles. The number of carbonyl (C=O) groups is 1. The summed E-state index contributed by atoms with van der Waals surface area (Å²) >= 11 is 0. The van der Waals surface area contributed by atoms with Gasteiger partial charge in [-0.05, 0) is 49.9 Å². The summed E-state index contributed by atoms with van der Waals surface area (Å²) in [6.07, 6.45) is 3.81. The summed E-state index contributed by atoms with van der Waals surface area (Å²) in [7, 11) is 0. The van der Waals surface area contributed by atoms with Crippen molar-refractivity contribution in [3.8, 4) is 17.4 Å². The van der Waals surface area contributed by atoms with Gasteiger partial charge in [0, 0.05) is 52.1 Å². The Morgan fingerprint density at radius 1 is 1.00 bits per heavy atom. The molecule has 2 aromatic rings. The Hall–Kier alpha value is -2.64. The van der Waals surface area contributed by atoms with Crippen LogP contribution in [0.2, 0.25) is 0 Å². The highest BCUT2D eigenvalue weighted by Crippen LogP contribution is 2.32. The summed E-state index contributed by atoms with van der Waals surface area (Å²) in [6, 6.07) is 11.1. The predicted octanol–water partition coefficient (Wildman–Crippen LogP) is 3.46. The number of para-hydroxylation sites is 2. The summed E-state index contributed by atoms with van der Waals surface area (Å²) in [5, 5.41) is 0. The van der Waals surface area contributed by atoms with Crippen LogP contribution in [0.4, 0.5) is 0 Å². The number of hydrogen-bond acceptors (Lipinski definition) is 6. The van der Waals surface area contributed by atoms with Crippen LogP contribution in [-0.2, 0) is 4.74 Å². The zero-order valence-electron chi connectivity index (χ0n) is 18.2. The van der Waals surface area contributed by atoms with E-state index in [1.165, 1.54) is 0 Å². The quantitative estimate of drug-likeness (QED) is 0.751. The van der Waals surface area contributed by atoms with Crippen LogP contribution in [0.1, 0.15) is 30.1 Å². The minimum Gasteiger partial charge on any atom is -0.488 e. The lowest BCUT2D eigenvalue weighted by Gasteiger charge is -2.31. The van der Waals surface area contributed by atoms with Crippen LogP contribution in [0.15, 0.2) is 42.6 Å². The third-order valence-corrected chi connectivity index (χ3v) is 5.93. The van der Waals surface area contributed by atoms with Gasteiger partial charge in [0.1, 0.15) is 12.2 Å². The van der Waals surface area contributed by atoms with Gasteiger partial charge in [-0.1, -0.05) is 12.1 Å². The number of benzene rings is 1. The van der Waals surface area contributed by atoms with E-state index in [1.54, 1.807) is 18.3 Å². The van der Waals surface area contributed by atoms with Crippen LogP contribution in [-0.4, -0.2) is 73.2 Å². The SMILES string of the molecule is CCN1CCN(CC2CCOCC2)CCOc2ccccc2Oc2ncccc2C1=O. The molecule has 0 saturated carbocycles. The van der Waals surface area contributed by atoms with Crippen LogP contribution in [0.25, 0.3) is 0 Å². The highest BCUT2D eigenvalue weighted by molar-refractivity contribution is 5.96. The van der Waals surface area contributed by atoms with Gasteiger partial charge in [-0.15, -0.1) is 0 Å². The zero-order chi connectivity index (χ0) is 21.5. The average molecular weight is 426 g/mol.